The first kappa shape index (κ1) is 18.8. The number of nitrogens with zero attached hydrogens (tertiary/aromatic N) is 3. The highest BCUT2D eigenvalue weighted by atomic mass is 35.5. The maximum absolute atomic E-state index is 12.5. The summed E-state index contributed by atoms with van der Waals surface area (Å²) in [6.45, 7) is 0. The molecule has 0 spiro atoms. The molecule has 0 bridgehead atoms. The number of anilines is 1. The molecule has 146 valence electrons. The number of hydrogen-bond donors (Lipinski definition) is 1. The van der Waals surface area contributed by atoms with E-state index in [9.17, 15) is 19.2 Å². The Bertz CT molecular complexity index is 1090. The van der Waals surface area contributed by atoms with Crippen molar-refractivity contribution in [1.29, 1.82) is 0 Å². The van der Waals surface area contributed by atoms with Gasteiger partial charge in [0.1, 0.15) is 5.84 Å². The van der Waals surface area contributed by atoms with Gasteiger partial charge in [-0.2, -0.15) is 10.1 Å². The Morgan fingerprint density at radius 1 is 1.10 bits per heavy atom. The predicted octanol–water partition coefficient (Wildman–Crippen LogP) is 1.97. The fourth-order valence-electron chi connectivity index (χ4n) is 3.28. The first-order chi connectivity index (χ1) is 13.8. The fraction of sp³-hybridized carbons (Fsp3) is 0.150. The SMILES string of the molecule is CN1C(=O)c2cccc(CC(=O)NC3=NN(c4ccc(Cl)cc4)C(=O)C3)c2C1=O. The molecule has 4 amide bonds. The van der Waals surface area contributed by atoms with Gasteiger partial charge in [-0.3, -0.25) is 24.1 Å². The summed E-state index contributed by atoms with van der Waals surface area (Å²) in [6, 6.07) is 11.4. The highest BCUT2D eigenvalue weighted by molar-refractivity contribution is 6.30. The van der Waals surface area contributed by atoms with Crippen molar-refractivity contribution in [2.75, 3.05) is 12.1 Å². The Labute approximate surface area is 170 Å². The van der Waals surface area contributed by atoms with E-state index in [-0.39, 0.29) is 35.7 Å². The van der Waals surface area contributed by atoms with Crippen LogP contribution in [0, 0.1) is 0 Å². The third kappa shape index (κ3) is 3.38. The van der Waals surface area contributed by atoms with E-state index in [2.05, 4.69) is 10.4 Å². The lowest BCUT2D eigenvalue weighted by Crippen LogP contribution is -2.31. The van der Waals surface area contributed by atoms with E-state index in [1.807, 2.05) is 0 Å². The van der Waals surface area contributed by atoms with E-state index >= 15 is 0 Å². The van der Waals surface area contributed by atoms with Crippen LogP contribution in [0.3, 0.4) is 0 Å². The Morgan fingerprint density at radius 3 is 2.55 bits per heavy atom. The second-order valence-corrected chi connectivity index (χ2v) is 7.08. The molecule has 2 aliphatic heterocycles. The van der Waals surface area contributed by atoms with Gasteiger partial charge in [0.25, 0.3) is 17.7 Å². The highest BCUT2D eigenvalue weighted by Gasteiger charge is 2.35. The van der Waals surface area contributed by atoms with Crippen LogP contribution in [-0.2, 0) is 16.0 Å². The number of hydrogen-bond acceptors (Lipinski definition) is 5. The summed E-state index contributed by atoms with van der Waals surface area (Å²) in [5.41, 5.74) is 1.51. The zero-order valence-electron chi connectivity index (χ0n) is 15.3. The predicted molar refractivity (Wildman–Crippen MR) is 106 cm³/mol. The topological polar surface area (TPSA) is 99.2 Å². The molecule has 0 atom stereocenters. The van der Waals surface area contributed by atoms with Crippen molar-refractivity contribution in [1.82, 2.24) is 10.2 Å². The quantitative estimate of drug-likeness (QED) is 0.782. The van der Waals surface area contributed by atoms with Gasteiger partial charge in [-0.25, -0.2) is 0 Å². The first-order valence-electron chi connectivity index (χ1n) is 8.75. The van der Waals surface area contributed by atoms with Gasteiger partial charge in [0.05, 0.1) is 29.7 Å². The van der Waals surface area contributed by atoms with Crippen molar-refractivity contribution in [3.8, 4) is 0 Å². The molecule has 0 aliphatic carbocycles. The average Bonchev–Trinajstić information content (AvgIpc) is 3.16. The number of hydrazone groups is 1. The molecule has 2 aliphatic rings. The van der Waals surface area contributed by atoms with Gasteiger partial charge in [-0.1, -0.05) is 23.7 Å². The zero-order valence-corrected chi connectivity index (χ0v) is 16.1. The number of amides is 4. The molecule has 0 saturated heterocycles. The van der Waals surface area contributed by atoms with Gasteiger partial charge in [0.15, 0.2) is 0 Å². The molecule has 0 aromatic heterocycles. The van der Waals surface area contributed by atoms with Crippen molar-refractivity contribution < 1.29 is 19.2 Å². The molecule has 0 unspecified atom stereocenters. The van der Waals surface area contributed by atoms with Gasteiger partial charge < -0.3 is 5.32 Å². The molecule has 1 N–H and O–H groups in total. The van der Waals surface area contributed by atoms with Gasteiger partial charge >= 0.3 is 0 Å². The minimum absolute atomic E-state index is 0.0541. The summed E-state index contributed by atoms with van der Waals surface area (Å²) in [5, 5.41) is 8.50. The van der Waals surface area contributed by atoms with Gasteiger partial charge in [-0.15, -0.1) is 0 Å². The molecule has 0 fully saturated rings. The molecule has 2 heterocycles. The van der Waals surface area contributed by atoms with Crippen LogP contribution >= 0.6 is 11.6 Å². The number of amidine groups is 1. The van der Waals surface area contributed by atoms with Gasteiger partial charge in [0, 0.05) is 12.1 Å². The van der Waals surface area contributed by atoms with Crippen LogP contribution in [0.15, 0.2) is 47.6 Å². The van der Waals surface area contributed by atoms with Crippen molar-refractivity contribution in [3.05, 3.63) is 64.2 Å². The largest absolute Gasteiger partial charge is 0.312 e. The van der Waals surface area contributed by atoms with Crippen LogP contribution in [-0.4, -0.2) is 41.4 Å². The van der Waals surface area contributed by atoms with E-state index in [0.717, 1.165) is 4.90 Å². The van der Waals surface area contributed by atoms with Crippen molar-refractivity contribution in [2.24, 2.45) is 5.10 Å². The molecule has 0 radical (unpaired) electrons. The van der Waals surface area contributed by atoms with E-state index in [0.29, 0.717) is 16.3 Å². The lowest BCUT2D eigenvalue weighted by molar-refractivity contribution is -0.119. The molecule has 4 rings (SSSR count). The number of fused-ring (bicyclic) bond motifs is 1. The monoisotopic (exact) mass is 410 g/mol. The Hall–Kier alpha value is -3.52. The van der Waals surface area contributed by atoms with Gasteiger partial charge in [-0.05, 0) is 35.9 Å². The van der Waals surface area contributed by atoms with Crippen LogP contribution in [0.5, 0.6) is 0 Å². The lowest BCUT2D eigenvalue weighted by atomic mass is 10.00. The molecule has 0 saturated carbocycles. The lowest BCUT2D eigenvalue weighted by Gasteiger charge is -2.10. The number of benzene rings is 2. The highest BCUT2D eigenvalue weighted by Crippen LogP contribution is 2.26. The number of rotatable bonds is 3. The van der Waals surface area contributed by atoms with Crippen LogP contribution < -0.4 is 10.3 Å². The number of carbonyl (C=O) groups is 4. The summed E-state index contributed by atoms with van der Waals surface area (Å²) in [6.07, 6.45) is -0.175. The first-order valence-corrected chi connectivity index (χ1v) is 9.13. The summed E-state index contributed by atoms with van der Waals surface area (Å²) < 4.78 is 0. The number of halogens is 1. The molecule has 29 heavy (non-hydrogen) atoms. The molecule has 9 heteroatoms. The van der Waals surface area contributed by atoms with Crippen LogP contribution in [0.25, 0.3) is 0 Å². The van der Waals surface area contributed by atoms with E-state index < -0.39 is 17.7 Å². The third-order valence-corrected chi connectivity index (χ3v) is 4.94. The molecule has 2 aromatic carbocycles. The van der Waals surface area contributed by atoms with Crippen LogP contribution in [0.2, 0.25) is 5.02 Å². The summed E-state index contributed by atoms with van der Waals surface area (Å²) >= 11 is 5.85. The molecule has 2 aromatic rings. The average molecular weight is 411 g/mol. The Kier molecular flexibility index (Phi) is 4.63. The molecule has 8 nitrogen and oxygen atoms in total. The number of carbonyl (C=O) groups excluding carboxylic acids is 4. The normalized spacial score (nSPS) is 15.7. The van der Waals surface area contributed by atoms with Crippen molar-refractivity contribution in [2.45, 2.75) is 12.8 Å². The third-order valence-electron chi connectivity index (χ3n) is 4.69. The second-order valence-electron chi connectivity index (χ2n) is 6.64. The summed E-state index contributed by atoms with van der Waals surface area (Å²) in [7, 11) is 1.40. The van der Waals surface area contributed by atoms with Crippen molar-refractivity contribution >= 4 is 46.8 Å². The van der Waals surface area contributed by atoms with E-state index in [1.54, 1.807) is 42.5 Å². The van der Waals surface area contributed by atoms with Crippen molar-refractivity contribution in [3.63, 3.8) is 0 Å². The molecular weight excluding hydrogens is 396 g/mol. The summed E-state index contributed by atoms with van der Waals surface area (Å²) in [4.78, 5) is 50.1. The van der Waals surface area contributed by atoms with E-state index in [1.165, 1.54) is 12.1 Å². The minimum atomic E-state index is -0.435. The van der Waals surface area contributed by atoms with Crippen LogP contribution in [0.4, 0.5) is 5.69 Å². The maximum Gasteiger partial charge on any atom is 0.261 e. The van der Waals surface area contributed by atoms with E-state index in [4.69, 9.17) is 11.6 Å². The number of imide groups is 1. The Morgan fingerprint density at radius 2 is 1.83 bits per heavy atom. The summed E-state index contributed by atoms with van der Waals surface area (Å²) in [5.74, 6) is -1.34. The smallest absolute Gasteiger partial charge is 0.261 e. The second kappa shape index (κ2) is 7.14. The maximum atomic E-state index is 12.5. The fourth-order valence-corrected chi connectivity index (χ4v) is 3.41. The van der Waals surface area contributed by atoms with Crippen LogP contribution in [0.1, 0.15) is 32.7 Å². The Balaban J connectivity index is 1.50. The minimum Gasteiger partial charge on any atom is -0.312 e. The standard InChI is InChI=1S/C20H15ClN4O4/c1-24-19(28)14-4-2-3-11(18(14)20(24)29)9-16(26)22-15-10-17(27)25(23-15)13-7-5-12(21)6-8-13/h2-8H,9-10H2,1H3,(H,22,23,26). The number of nitrogens with one attached hydrogen (secondary N) is 1. The zero-order chi connectivity index (χ0) is 20.7. The van der Waals surface area contributed by atoms with Gasteiger partial charge in [0.2, 0.25) is 5.91 Å². The molecular formula is C20H15ClN4O4.